The zero-order chi connectivity index (χ0) is 10.6. The lowest BCUT2D eigenvalue weighted by atomic mass is 10.2. The summed E-state index contributed by atoms with van der Waals surface area (Å²) >= 11 is 1.84. The van der Waals surface area contributed by atoms with Crippen LogP contribution in [0.3, 0.4) is 0 Å². The minimum absolute atomic E-state index is 0.0618. The molecule has 0 spiro atoms. The fraction of sp³-hybridized carbons (Fsp3) is 0.900. The molecule has 82 valence electrons. The molecule has 1 aliphatic heterocycles. The molecule has 0 aliphatic carbocycles. The normalized spacial score (nSPS) is 24.4. The number of carbonyl (C=O) groups excluding carboxylic acids is 1. The standard InChI is InChI=1S/C10H20N2OS/c1-8(5-7-14-3)12-6-4-9(11-2)10(12)13/h8-9,11H,4-7H2,1-3H3. The van der Waals surface area contributed by atoms with Crippen LogP contribution < -0.4 is 5.32 Å². The van der Waals surface area contributed by atoms with Gasteiger partial charge in [-0.2, -0.15) is 11.8 Å². The van der Waals surface area contributed by atoms with Gasteiger partial charge in [-0.05, 0) is 38.8 Å². The molecule has 0 radical (unpaired) electrons. The van der Waals surface area contributed by atoms with E-state index in [1.807, 2.05) is 23.7 Å². The molecule has 0 bridgehead atoms. The lowest BCUT2D eigenvalue weighted by Crippen LogP contribution is -2.40. The molecule has 1 rings (SSSR count). The number of amides is 1. The number of thioether (sulfide) groups is 1. The van der Waals surface area contributed by atoms with Gasteiger partial charge in [-0.25, -0.2) is 0 Å². The Morgan fingerprint density at radius 3 is 2.93 bits per heavy atom. The van der Waals surface area contributed by atoms with E-state index < -0.39 is 0 Å². The summed E-state index contributed by atoms with van der Waals surface area (Å²) in [5.41, 5.74) is 0. The molecule has 2 atom stereocenters. The van der Waals surface area contributed by atoms with Crippen LogP contribution in [0.1, 0.15) is 19.8 Å². The smallest absolute Gasteiger partial charge is 0.240 e. The highest BCUT2D eigenvalue weighted by molar-refractivity contribution is 7.98. The number of nitrogens with zero attached hydrogens (tertiary/aromatic N) is 1. The third-order valence-electron chi connectivity index (χ3n) is 2.86. The van der Waals surface area contributed by atoms with Crippen LogP contribution in [0.5, 0.6) is 0 Å². The molecule has 0 saturated carbocycles. The Balaban J connectivity index is 2.41. The predicted octanol–water partition coefficient (Wildman–Crippen LogP) is 0.948. The van der Waals surface area contributed by atoms with E-state index in [-0.39, 0.29) is 11.9 Å². The van der Waals surface area contributed by atoms with Crippen LogP contribution >= 0.6 is 11.8 Å². The molecule has 1 amide bonds. The summed E-state index contributed by atoms with van der Waals surface area (Å²) in [6, 6.07) is 0.458. The van der Waals surface area contributed by atoms with Crippen LogP contribution in [-0.4, -0.2) is 48.5 Å². The zero-order valence-corrected chi connectivity index (χ0v) is 10.1. The van der Waals surface area contributed by atoms with Crippen molar-refractivity contribution in [3.05, 3.63) is 0 Å². The zero-order valence-electron chi connectivity index (χ0n) is 9.25. The van der Waals surface area contributed by atoms with Crippen LogP contribution in [-0.2, 0) is 4.79 Å². The minimum Gasteiger partial charge on any atom is -0.339 e. The van der Waals surface area contributed by atoms with E-state index >= 15 is 0 Å². The fourth-order valence-corrected chi connectivity index (χ4v) is 2.43. The van der Waals surface area contributed by atoms with Crippen molar-refractivity contribution in [2.45, 2.75) is 31.8 Å². The summed E-state index contributed by atoms with van der Waals surface area (Å²) in [6.07, 6.45) is 4.16. The molecule has 1 heterocycles. The van der Waals surface area contributed by atoms with Crippen molar-refractivity contribution in [3.63, 3.8) is 0 Å². The number of nitrogens with one attached hydrogen (secondary N) is 1. The van der Waals surface area contributed by atoms with Crippen molar-refractivity contribution in [2.24, 2.45) is 0 Å². The molecule has 0 aromatic carbocycles. The van der Waals surface area contributed by atoms with E-state index in [0.717, 1.165) is 25.1 Å². The molecule has 1 saturated heterocycles. The highest BCUT2D eigenvalue weighted by Crippen LogP contribution is 2.17. The molecule has 1 N–H and O–H groups in total. The van der Waals surface area contributed by atoms with Crippen LogP contribution in [0.4, 0.5) is 0 Å². The highest BCUT2D eigenvalue weighted by atomic mass is 32.2. The van der Waals surface area contributed by atoms with E-state index in [2.05, 4.69) is 18.5 Å². The Bertz CT molecular complexity index is 199. The Morgan fingerprint density at radius 1 is 1.71 bits per heavy atom. The predicted molar refractivity (Wildman–Crippen MR) is 61.6 cm³/mol. The van der Waals surface area contributed by atoms with Crippen molar-refractivity contribution in [2.75, 3.05) is 25.6 Å². The lowest BCUT2D eigenvalue weighted by Gasteiger charge is -2.24. The average molecular weight is 216 g/mol. The Kier molecular flexibility index (Phi) is 4.75. The van der Waals surface area contributed by atoms with E-state index in [0.29, 0.717) is 6.04 Å². The van der Waals surface area contributed by atoms with Gasteiger partial charge < -0.3 is 10.2 Å². The first-order valence-corrected chi connectivity index (χ1v) is 6.56. The van der Waals surface area contributed by atoms with Crippen molar-refractivity contribution in [3.8, 4) is 0 Å². The highest BCUT2D eigenvalue weighted by Gasteiger charge is 2.32. The van der Waals surface area contributed by atoms with Crippen molar-refractivity contribution in [1.82, 2.24) is 10.2 Å². The van der Waals surface area contributed by atoms with Gasteiger partial charge in [0.15, 0.2) is 0 Å². The third kappa shape index (κ3) is 2.64. The van der Waals surface area contributed by atoms with E-state index in [9.17, 15) is 4.79 Å². The molecular formula is C10H20N2OS. The first kappa shape index (κ1) is 11.9. The molecule has 0 aromatic rings. The molecule has 1 fully saturated rings. The second kappa shape index (κ2) is 5.61. The van der Waals surface area contributed by atoms with Gasteiger partial charge in [-0.3, -0.25) is 4.79 Å². The molecule has 3 nitrogen and oxygen atoms in total. The number of hydrogen-bond donors (Lipinski definition) is 1. The Labute approximate surface area is 90.6 Å². The van der Waals surface area contributed by atoms with Gasteiger partial charge in [0, 0.05) is 12.6 Å². The summed E-state index contributed by atoms with van der Waals surface area (Å²) in [6.45, 7) is 3.06. The van der Waals surface area contributed by atoms with Crippen LogP contribution in [0.25, 0.3) is 0 Å². The fourth-order valence-electron chi connectivity index (χ4n) is 1.85. The Hall–Kier alpha value is -0.220. The topological polar surface area (TPSA) is 32.3 Å². The van der Waals surface area contributed by atoms with Gasteiger partial charge in [0.25, 0.3) is 0 Å². The lowest BCUT2D eigenvalue weighted by molar-refractivity contribution is -0.131. The minimum atomic E-state index is 0.0618. The van der Waals surface area contributed by atoms with Crippen molar-refractivity contribution >= 4 is 17.7 Å². The molecule has 14 heavy (non-hydrogen) atoms. The maximum Gasteiger partial charge on any atom is 0.240 e. The largest absolute Gasteiger partial charge is 0.339 e. The molecular weight excluding hydrogens is 196 g/mol. The number of carbonyl (C=O) groups is 1. The van der Waals surface area contributed by atoms with Gasteiger partial charge in [-0.15, -0.1) is 0 Å². The quantitative estimate of drug-likeness (QED) is 0.742. The second-order valence-corrected chi connectivity index (χ2v) is 4.78. The third-order valence-corrected chi connectivity index (χ3v) is 3.50. The molecule has 2 unspecified atom stereocenters. The monoisotopic (exact) mass is 216 g/mol. The van der Waals surface area contributed by atoms with Gasteiger partial charge in [-0.1, -0.05) is 0 Å². The van der Waals surface area contributed by atoms with E-state index in [1.165, 1.54) is 0 Å². The summed E-state index contributed by atoms with van der Waals surface area (Å²) in [7, 11) is 1.86. The first-order chi connectivity index (χ1) is 6.70. The SMILES string of the molecule is CNC1CCN(C(C)CCSC)C1=O. The summed E-state index contributed by atoms with van der Waals surface area (Å²) in [4.78, 5) is 13.8. The van der Waals surface area contributed by atoms with Crippen LogP contribution in [0, 0.1) is 0 Å². The van der Waals surface area contributed by atoms with Gasteiger partial charge in [0.05, 0.1) is 6.04 Å². The summed E-state index contributed by atoms with van der Waals surface area (Å²) in [5, 5.41) is 3.06. The number of hydrogen-bond acceptors (Lipinski definition) is 3. The number of rotatable bonds is 5. The maximum absolute atomic E-state index is 11.8. The Morgan fingerprint density at radius 2 is 2.43 bits per heavy atom. The van der Waals surface area contributed by atoms with Crippen molar-refractivity contribution < 1.29 is 4.79 Å². The number of likely N-dealkylation sites (tertiary alicyclic amines) is 1. The number of likely N-dealkylation sites (N-methyl/N-ethyl adjacent to an activating group) is 1. The maximum atomic E-state index is 11.8. The van der Waals surface area contributed by atoms with Crippen LogP contribution in [0.2, 0.25) is 0 Å². The van der Waals surface area contributed by atoms with E-state index in [4.69, 9.17) is 0 Å². The average Bonchev–Trinajstić information content (AvgIpc) is 2.56. The summed E-state index contributed by atoms with van der Waals surface area (Å²) in [5.74, 6) is 1.41. The van der Waals surface area contributed by atoms with Gasteiger partial charge in [0.1, 0.15) is 0 Å². The second-order valence-electron chi connectivity index (χ2n) is 3.79. The van der Waals surface area contributed by atoms with Gasteiger partial charge >= 0.3 is 0 Å². The molecule has 0 aromatic heterocycles. The van der Waals surface area contributed by atoms with Crippen LogP contribution in [0.15, 0.2) is 0 Å². The summed E-state index contributed by atoms with van der Waals surface area (Å²) < 4.78 is 0. The van der Waals surface area contributed by atoms with E-state index in [1.54, 1.807) is 0 Å². The molecule has 1 aliphatic rings. The van der Waals surface area contributed by atoms with Crippen molar-refractivity contribution in [1.29, 1.82) is 0 Å². The van der Waals surface area contributed by atoms with Gasteiger partial charge in [0.2, 0.25) is 5.91 Å². The molecule has 4 heteroatoms. The first-order valence-electron chi connectivity index (χ1n) is 5.17.